The van der Waals surface area contributed by atoms with Crippen LogP contribution in [0.2, 0.25) is 0 Å². The Bertz CT molecular complexity index is 609. The molecule has 0 aliphatic carbocycles. The summed E-state index contributed by atoms with van der Waals surface area (Å²) in [5.41, 5.74) is -0.851. The summed E-state index contributed by atoms with van der Waals surface area (Å²) in [6.07, 6.45) is 2.94. The minimum Gasteiger partial charge on any atom is -0.491 e. The second-order valence-electron chi connectivity index (χ2n) is 7.42. The Morgan fingerprint density at radius 1 is 1.19 bits per heavy atom. The largest absolute Gasteiger partial charge is 0.491 e. The van der Waals surface area contributed by atoms with E-state index in [2.05, 4.69) is 4.90 Å². The third-order valence-electron chi connectivity index (χ3n) is 5.56. The number of halogens is 1. The number of rotatable bonds is 5. The summed E-state index contributed by atoms with van der Waals surface area (Å²) in [5.74, 6) is 0.266. The third-order valence-corrected chi connectivity index (χ3v) is 5.56. The van der Waals surface area contributed by atoms with Gasteiger partial charge in [0.15, 0.2) is 0 Å². The van der Waals surface area contributed by atoms with Crippen molar-refractivity contribution in [2.45, 2.75) is 44.2 Å². The first-order valence-corrected chi connectivity index (χ1v) is 9.75. The van der Waals surface area contributed by atoms with Crippen molar-refractivity contribution < 1.29 is 23.8 Å². The topological polar surface area (TPSA) is 62.2 Å². The maximum absolute atomic E-state index is 12.9. The predicted molar refractivity (Wildman–Crippen MR) is 99.3 cm³/mol. The van der Waals surface area contributed by atoms with Gasteiger partial charge in [-0.1, -0.05) is 0 Å². The van der Waals surface area contributed by atoms with Gasteiger partial charge in [-0.3, -0.25) is 0 Å². The summed E-state index contributed by atoms with van der Waals surface area (Å²) >= 11 is 0. The molecule has 150 valence electrons. The van der Waals surface area contributed by atoms with Crippen molar-refractivity contribution in [3.05, 3.63) is 30.1 Å². The van der Waals surface area contributed by atoms with Crippen molar-refractivity contribution in [1.82, 2.24) is 9.80 Å². The molecular weight excluding hydrogens is 351 g/mol. The van der Waals surface area contributed by atoms with E-state index in [9.17, 15) is 14.3 Å². The van der Waals surface area contributed by atoms with E-state index in [0.717, 1.165) is 39.0 Å². The summed E-state index contributed by atoms with van der Waals surface area (Å²) in [6, 6.07) is 6.30. The zero-order chi connectivity index (χ0) is 19.3. The lowest BCUT2D eigenvalue weighted by atomic mass is 9.90. The van der Waals surface area contributed by atoms with Crippen LogP contribution in [0.15, 0.2) is 24.3 Å². The molecule has 1 amide bonds. The van der Waals surface area contributed by atoms with Crippen molar-refractivity contribution in [2.24, 2.45) is 0 Å². The second kappa shape index (κ2) is 8.89. The summed E-state index contributed by atoms with van der Waals surface area (Å²) in [7, 11) is 0. The van der Waals surface area contributed by atoms with Crippen molar-refractivity contribution in [3.8, 4) is 5.75 Å². The average molecular weight is 380 g/mol. The molecule has 0 saturated carbocycles. The molecule has 1 N–H and O–H groups in total. The van der Waals surface area contributed by atoms with Gasteiger partial charge < -0.3 is 24.4 Å². The molecule has 27 heavy (non-hydrogen) atoms. The van der Waals surface area contributed by atoms with Crippen LogP contribution in [0.5, 0.6) is 5.75 Å². The van der Waals surface area contributed by atoms with E-state index in [4.69, 9.17) is 9.47 Å². The molecule has 0 bridgehead atoms. The lowest BCUT2D eigenvalue weighted by molar-refractivity contribution is -0.0632. The van der Waals surface area contributed by atoms with Gasteiger partial charge in [0.05, 0.1) is 6.61 Å². The molecule has 0 aromatic heterocycles. The van der Waals surface area contributed by atoms with E-state index in [0.29, 0.717) is 31.2 Å². The Kier molecular flexibility index (Phi) is 6.55. The highest BCUT2D eigenvalue weighted by Crippen LogP contribution is 2.28. The molecule has 0 radical (unpaired) electrons. The molecule has 7 heteroatoms. The van der Waals surface area contributed by atoms with Crippen LogP contribution in [0.25, 0.3) is 0 Å². The standard InChI is InChI=1S/C20H29FN2O4/c1-2-26-19(24)23-11-7-17(8-12-23)22-13-9-20(25,10-14-22)15-27-18-5-3-16(21)4-6-18/h3-6,17,25H,2,7-15H2,1H3. The zero-order valence-corrected chi connectivity index (χ0v) is 15.9. The SMILES string of the molecule is CCOC(=O)N1CCC(N2CCC(O)(COc3ccc(F)cc3)CC2)CC1. The molecule has 2 aliphatic rings. The first-order chi connectivity index (χ1) is 13.0. The van der Waals surface area contributed by atoms with E-state index in [1.165, 1.54) is 12.1 Å². The van der Waals surface area contributed by atoms with Crippen molar-refractivity contribution in [1.29, 1.82) is 0 Å². The lowest BCUT2D eigenvalue weighted by Crippen LogP contribution is -2.53. The van der Waals surface area contributed by atoms with Crippen LogP contribution in [0, 0.1) is 5.82 Å². The van der Waals surface area contributed by atoms with Crippen LogP contribution in [0.3, 0.4) is 0 Å². The fraction of sp³-hybridized carbons (Fsp3) is 0.650. The highest BCUT2D eigenvalue weighted by atomic mass is 19.1. The van der Waals surface area contributed by atoms with Crippen LogP contribution in [0.4, 0.5) is 9.18 Å². The van der Waals surface area contributed by atoms with E-state index in [1.807, 2.05) is 6.92 Å². The van der Waals surface area contributed by atoms with Crippen LogP contribution in [-0.4, -0.2) is 72.0 Å². The number of benzene rings is 1. The number of aliphatic hydroxyl groups is 1. The third kappa shape index (κ3) is 5.32. The smallest absolute Gasteiger partial charge is 0.409 e. The highest BCUT2D eigenvalue weighted by molar-refractivity contribution is 5.67. The number of piperidine rings is 2. The molecule has 2 fully saturated rings. The molecule has 0 atom stereocenters. The summed E-state index contributed by atoms with van der Waals surface area (Å²) in [4.78, 5) is 16.0. The molecule has 2 saturated heterocycles. The minimum atomic E-state index is -0.851. The van der Waals surface area contributed by atoms with Gasteiger partial charge in [-0.15, -0.1) is 0 Å². The van der Waals surface area contributed by atoms with Gasteiger partial charge in [-0.25, -0.2) is 9.18 Å². The van der Waals surface area contributed by atoms with Crippen LogP contribution in [0.1, 0.15) is 32.6 Å². The van der Waals surface area contributed by atoms with Crippen LogP contribution >= 0.6 is 0 Å². The van der Waals surface area contributed by atoms with E-state index in [1.54, 1.807) is 17.0 Å². The van der Waals surface area contributed by atoms with Gasteiger partial charge in [-0.05, 0) is 56.9 Å². The number of carbonyl (C=O) groups excluding carboxylic acids is 1. The number of likely N-dealkylation sites (tertiary alicyclic amines) is 2. The molecular formula is C20H29FN2O4. The molecule has 2 heterocycles. The second-order valence-corrected chi connectivity index (χ2v) is 7.42. The average Bonchev–Trinajstić information content (AvgIpc) is 2.69. The van der Waals surface area contributed by atoms with Gasteiger partial charge in [0.1, 0.15) is 23.8 Å². The van der Waals surface area contributed by atoms with Crippen molar-refractivity contribution >= 4 is 6.09 Å². The van der Waals surface area contributed by atoms with Gasteiger partial charge >= 0.3 is 6.09 Å². The number of ether oxygens (including phenoxy) is 2. The van der Waals surface area contributed by atoms with Gasteiger partial charge in [0, 0.05) is 32.2 Å². The van der Waals surface area contributed by atoms with Crippen LogP contribution in [-0.2, 0) is 4.74 Å². The zero-order valence-electron chi connectivity index (χ0n) is 15.9. The van der Waals surface area contributed by atoms with Gasteiger partial charge in [-0.2, -0.15) is 0 Å². The van der Waals surface area contributed by atoms with Crippen molar-refractivity contribution in [2.75, 3.05) is 39.4 Å². The monoisotopic (exact) mass is 380 g/mol. The molecule has 1 aromatic rings. The summed E-state index contributed by atoms with van der Waals surface area (Å²) < 4.78 is 23.7. The van der Waals surface area contributed by atoms with Crippen LogP contribution < -0.4 is 4.74 Å². The summed E-state index contributed by atoms with van der Waals surface area (Å²) in [6.45, 7) is 5.51. The highest BCUT2D eigenvalue weighted by Gasteiger charge is 2.36. The Morgan fingerprint density at radius 2 is 1.81 bits per heavy atom. The molecule has 0 spiro atoms. The Balaban J connectivity index is 1.42. The molecule has 3 rings (SSSR count). The molecule has 0 unspecified atom stereocenters. The lowest BCUT2D eigenvalue weighted by Gasteiger charge is -2.44. The van der Waals surface area contributed by atoms with E-state index < -0.39 is 5.60 Å². The first kappa shape index (κ1) is 19.9. The Hall–Kier alpha value is -1.86. The van der Waals surface area contributed by atoms with Gasteiger partial charge in [0.2, 0.25) is 0 Å². The maximum atomic E-state index is 12.9. The first-order valence-electron chi connectivity index (χ1n) is 9.75. The van der Waals surface area contributed by atoms with Gasteiger partial charge in [0.25, 0.3) is 0 Å². The maximum Gasteiger partial charge on any atom is 0.409 e. The molecule has 6 nitrogen and oxygen atoms in total. The normalized spacial score (nSPS) is 21.1. The molecule has 1 aromatic carbocycles. The number of hydrogen-bond donors (Lipinski definition) is 1. The predicted octanol–water partition coefficient (Wildman–Crippen LogP) is 2.65. The summed E-state index contributed by atoms with van der Waals surface area (Å²) in [5, 5.41) is 10.8. The Labute approximate surface area is 159 Å². The van der Waals surface area contributed by atoms with E-state index >= 15 is 0 Å². The number of carbonyl (C=O) groups is 1. The minimum absolute atomic E-state index is 0.216. The fourth-order valence-electron chi connectivity index (χ4n) is 3.83. The fourth-order valence-corrected chi connectivity index (χ4v) is 3.83. The number of amides is 1. The molecule has 2 aliphatic heterocycles. The number of nitrogens with zero attached hydrogens (tertiary/aromatic N) is 2. The van der Waals surface area contributed by atoms with Crippen molar-refractivity contribution in [3.63, 3.8) is 0 Å². The quantitative estimate of drug-likeness (QED) is 0.851. The van der Waals surface area contributed by atoms with E-state index in [-0.39, 0.29) is 18.5 Å². The number of hydrogen-bond acceptors (Lipinski definition) is 5. The Morgan fingerprint density at radius 3 is 2.41 bits per heavy atom.